The van der Waals surface area contributed by atoms with Crippen molar-refractivity contribution in [3.05, 3.63) is 71.6 Å². The number of aryl methyl sites for hydroxylation is 2. The quantitative estimate of drug-likeness (QED) is 0.673. The van der Waals surface area contributed by atoms with Crippen LogP contribution in [0, 0.1) is 6.92 Å². The summed E-state index contributed by atoms with van der Waals surface area (Å²) in [5.41, 5.74) is 4.17. The third-order valence-corrected chi connectivity index (χ3v) is 3.91. The van der Waals surface area contributed by atoms with Crippen LogP contribution in [0.3, 0.4) is 0 Å². The second-order valence-electron chi connectivity index (χ2n) is 5.98. The van der Waals surface area contributed by atoms with Crippen LogP contribution in [-0.2, 0) is 17.8 Å². The van der Waals surface area contributed by atoms with E-state index in [1.165, 1.54) is 0 Å². The van der Waals surface area contributed by atoms with E-state index in [1.807, 2.05) is 49.4 Å². The van der Waals surface area contributed by atoms with Crippen LogP contribution in [0.25, 0.3) is 11.3 Å². The average Bonchev–Trinajstić information content (AvgIpc) is 3.08. The van der Waals surface area contributed by atoms with Gasteiger partial charge in [-0.25, -0.2) is 4.98 Å². The highest BCUT2D eigenvalue weighted by atomic mass is 16.4. The molecule has 0 atom stereocenters. The van der Waals surface area contributed by atoms with Crippen LogP contribution >= 0.6 is 0 Å². The predicted molar refractivity (Wildman–Crippen MR) is 96.4 cm³/mol. The maximum Gasteiger partial charge on any atom is 0.303 e. The van der Waals surface area contributed by atoms with Gasteiger partial charge in [0.25, 0.3) is 0 Å². The molecule has 0 fully saturated rings. The number of aliphatic carboxylic acids is 1. The first kappa shape index (κ1) is 16.8. The van der Waals surface area contributed by atoms with Crippen molar-refractivity contribution in [3.63, 3.8) is 0 Å². The summed E-state index contributed by atoms with van der Waals surface area (Å²) in [5.74, 6) is 0.847. The molecule has 0 saturated heterocycles. The number of carbonyl (C=O) groups is 1. The Kier molecular flexibility index (Phi) is 5.14. The van der Waals surface area contributed by atoms with Gasteiger partial charge in [-0.3, -0.25) is 4.79 Å². The lowest BCUT2D eigenvalue weighted by Crippen LogP contribution is -2.00. The van der Waals surface area contributed by atoms with Crippen molar-refractivity contribution in [2.75, 3.05) is 5.32 Å². The van der Waals surface area contributed by atoms with Gasteiger partial charge in [-0.2, -0.15) is 0 Å². The topological polar surface area (TPSA) is 75.4 Å². The second kappa shape index (κ2) is 7.66. The van der Waals surface area contributed by atoms with Gasteiger partial charge >= 0.3 is 5.97 Å². The van der Waals surface area contributed by atoms with Crippen LogP contribution in [0.1, 0.15) is 23.1 Å². The van der Waals surface area contributed by atoms with E-state index in [-0.39, 0.29) is 6.42 Å². The minimum atomic E-state index is -0.782. The number of carboxylic acid groups (broad SMARTS) is 1. The fourth-order valence-corrected chi connectivity index (χ4v) is 2.53. The summed E-state index contributed by atoms with van der Waals surface area (Å²) >= 11 is 0. The van der Waals surface area contributed by atoms with Crippen LogP contribution < -0.4 is 5.32 Å². The summed E-state index contributed by atoms with van der Waals surface area (Å²) in [5, 5.41) is 12.0. The zero-order valence-corrected chi connectivity index (χ0v) is 14.0. The van der Waals surface area contributed by atoms with Gasteiger partial charge in [-0.1, -0.05) is 24.3 Å². The van der Waals surface area contributed by atoms with Crippen molar-refractivity contribution in [3.8, 4) is 11.3 Å². The molecule has 128 valence electrons. The van der Waals surface area contributed by atoms with Crippen molar-refractivity contribution in [1.82, 2.24) is 4.98 Å². The number of furan rings is 1. The maximum absolute atomic E-state index is 10.6. The Morgan fingerprint density at radius 1 is 1.16 bits per heavy atom. The molecular formula is C20H20N2O3. The first-order valence-corrected chi connectivity index (χ1v) is 8.15. The van der Waals surface area contributed by atoms with E-state index < -0.39 is 5.97 Å². The highest BCUT2D eigenvalue weighted by Crippen LogP contribution is 2.23. The fourth-order valence-electron chi connectivity index (χ4n) is 2.53. The molecule has 5 heteroatoms. The number of hydrogen-bond donors (Lipinski definition) is 2. The van der Waals surface area contributed by atoms with E-state index in [0.717, 1.165) is 33.8 Å². The number of pyridine rings is 1. The number of aromatic nitrogens is 1. The van der Waals surface area contributed by atoms with Crippen LogP contribution in [0.2, 0.25) is 0 Å². The van der Waals surface area contributed by atoms with Gasteiger partial charge in [0, 0.05) is 30.3 Å². The molecule has 1 aromatic carbocycles. The Morgan fingerprint density at radius 2 is 1.96 bits per heavy atom. The molecule has 2 N–H and O–H groups in total. The first-order chi connectivity index (χ1) is 12.1. The Balaban J connectivity index is 1.61. The summed E-state index contributed by atoms with van der Waals surface area (Å²) in [6.45, 7) is 2.67. The highest BCUT2D eigenvalue weighted by molar-refractivity contribution is 5.67. The van der Waals surface area contributed by atoms with Gasteiger partial charge in [0.2, 0.25) is 0 Å². The Bertz CT molecular complexity index is 853. The monoisotopic (exact) mass is 336 g/mol. The molecule has 0 aliphatic carbocycles. The molecule has 0 saturated carbocycles. The lowest BCUT2D eigenvalue weighted by atomic mass is 10.1. The molecule has 0 unspecified atom stereocenters. The zero-order valence-electron chi connectivity index (χ0n) is 14.0. The van der Waals surface area contributed by atoms with Crippen molar-refractivity contribution in [1.29, 1.82) is 0 Å². The highest BCUT2D eigenvalue weighted by Gasteiger charge is 2.06. The van der Waals surface area contributed by atoms with E-state index in [2.05, 4.69) is 10.3 Å². The van der Waals surface area contributed by atoms with Gasteiger partial charge in [0.1, 0.15) is 11.6 Å². The minimum absolute atomic E-state index is 0.142. The van der Waals surface area contributed by atoms with E-state index in [4.69, 9.17) is 9.52 Å². The summed E-state index contributed by atoms with van der Waals surface area (Å²) in [7, 11) is 0. The Labute approximate surface area is 146 Å². The maximum atomic E-state index is 10.6. The molecule has 0 spiro atoms. The second-order valence-corrected chi connectivity index (χ2v) is 5.98. The Morgan fingerprint density at radius 3 is 2.68 bits per heavy atom. The van der Waals surface area contributed by atoms with Gasteiger partial charge in [0.05, 0.1) is 6.26 Å². The minimum Gasteiger partial charge on any atom is -0.481 e. The lowest BCUT2D eigenvalue weighted by Gasteiger charge is -2.03. The number of nitrogens with zero attached hydrogens (tertiary/aromatic N) is 1. The van der Waals surface area contributed by atoms with Crippen LogP contribution in [0.15, 0.2) is 59.3 Å². The standard InChI is InChI=1S/C20H20N2O3/c1-14-8-9-21-19(10-14)22-12-16-11-18(25-13-16)17-5-2-15(3-6-17)4-7-20(23)24/h2-3,5-6,8-11,13H,4,7,12H2,1H3,(H,21,22)(H,23,24). The van der Waals surface area contributed by atoms with Crippen LogP contribution in [-0.4, -0.2) is 16.1 Å². The van der Waals surface area contributed by atoms with E-state index >= 15 is 0 Å². The molecule has 3 aromatic rings. The van der Waals surface area contributed by atoms with Gasteiger partial charge in [-0.15, -0.1) is 0 Å². The molecule has 0 bridgehead atoms. The molecule has 0 aliphatic rings. The number of nitrogens with one attached hydrogen (secondary N) is 1. The molecule has 2 aromatic heterocycles. The predicted octanol–water partition coefficient (Wildman–Crippen LogP) is 4.28. The van der Waals surface area contributed by atoms with Gasteiger partial charge in [-0.05, 0) is 42.7 Å². The molecule has 0 amide bonds. The molecule has 0 radical (unpaired) electrons. The smallest absolute Gasteiger partial charge is 0.303 e. The largest absolute Gasteiger partial charge is 0.481 e. The first-order valence-electron chi connectivity index (χ1n) is 8.15. The van der Waals surface area contributed by atoms with E-state index in [1.54, 1.807) is 12.5 Å². The lowest BCUT2D eigenvalue weighted by molar-refractivity contribution is -0.136. The summed E-state index contributed by atoms with van der Waals surface area (Å²) in [6, 6.07) is 13.7. The summed E-state index contributed by atoms with van der Waals surface area (Å²) < 4.78 is 5.65. The fraction of sp³-hybridized carbons (Fsp3) is 0.200. The van der Waals surface area contributed by atoms with Gasteiger partial charge < -0.3 is 14.8 Å². The summed E-state index contributed by atoms with van der Waals surface area (Å²) in [4.78, 5) is 14.9. The SMILES string of the molecule is Cc1ccnc(NCc2coc(-c3ccc(CCC(=O)O)cc3)c2)c1. The van der Waals surface area contributed by atoms with Crippen LogP contribution in [0.5, 0.6) is 0 Å². The third kappa shape index (κ3) is 4.70. The molecular weight excluding hydrogens is 316 g/mol. The average molecular weight is 336 g/mol. The van der Waals surface area contributed by atoms with Gasteiger partial charge in [0.15, 0.2) is 0 Å². The number of rotatable bonds is 7. The normalized spacial score (nSPS) is 10.6. The molecule has 2 heterocycles. The zero-order chi connectivity index (χ0) is 17.6. The summed E-state index contributed by atoms with van der Waals surface area (Å²) in [6.07, 6.45) is 4.19. The number of benzene rings is 1. The van der Waals surface area contributed by atoms with Crippen molar-refractivity contribution >= 4 is 11.8 Å². The van der Waals surface area contributed by atoms with Crippen molar-refractivity contribution in [2.45, 2.75) is 26.3 Å². The molecule has 25 heavy (non-hydrogen) atoms. The number of hydrogen-bond acceptors (Lipinski definition) is 4. The van der Waals surface area contributed by atoms with Crippen molar-refractivity contribution < 1.29 is 14.3 Å². The van der Waals surface area contributed by atoms with Crippen LogP contribution in [0.4, 0.5) is 5.82 Å². The molecule has 3 rings (SSSR count). The number of anilines is 1. The van der Waals surface area contributed by atoms with E-state index in [9.17, 15) is 4.79 Å². The van der Waals surface area contributed by atoms with Crippen molar-refractivity contribution in [2.24, 2.45) is 0 Å². The third-order valence-electron chi connectivity index (χ3n) is 3.91. The molecule has 5 nitrogen and oxygen atoms in total. The van der Waals surface area contributed by atoms with E-state index in [0.29, 0.717) is 13.0 Å². The Hall–Kier alpha value is -3.08. The number of carboxylic acids is 1. The molecule has 0 aliphatic heterocycles.